The Labute approximate surface area is 129 Å². The molecule has 1 heterocycles. The number of phosphoric ester groups is 1. The first kappa shape index (κ1) is 17.8. The van der Waals surface area contributed by atoms with E-state index in [0.717, 1.165) is 0 Å². The van der Waals surface area contributed by atoms with E-state index in [1.807, 2.05) is 0 Å². The van der Waals surface area contributed by atoms with Gasteiger partial charge in [-0.3, -0.25) is 14.6 Å². The lowest BCUT2D eigenvalue weighted by atomic mass is 10.1. The number of aliphatic hydroxyl groups is 2. The number of hydrogen-bond donors (Lipinski definition) is 4. The molecule has 1 aromatic rings. The molecule has 0 spiro atoms. The van der Waals surface area contributed by atoms with E-state index >= 15 is 0 Å². The van der Waals surface area contributed by atoms with Crippen molar-refractivity contribution in [3.8, 4) is 5.75 Å². The van der Waals surface area contributed by atoms with Crippen LogP contribution in [0.4, 0.5) is 5.69 Å². The summed E-state index contributed by atoms with van der Waals surface area (Å²) in [5.74, 6) is -0.190. The molecule has 0 saturated carbocycles. The molecule has 0 aliphatic carbocycles. The fourth-order valence-corrected chi connectivity index (χ4v) is 2.29. The highest BCUT2D eigenvalue weighted by Gasteiger charge is 2.45. The van der Waals surface area contributed by atoms with Gasteiger partial charge < -0.3 is 29.5 Å². The summed E-state index contributed by atoms with van der Waals surface area (Å²) in [6, 6.07) is 5.35. The fraction of sp³-hybridized carbons (Fsp3) is 0.455. The minimum absolute atomic E-state index is 0.190. The van der Waals surface area contributed by atoms with Crippen LogP contribution in [0.15, 0.2) is 24.3 Å². The van der Waals surface area contributed by atoms with Crippen molar-refractivity contribution in [2.75, 3.05) is 6.61 Å². The number of nitro groups is 1. The van der Waals surface area contributed by atoms with Crippen LogP contribution in [0.2, 0.25) is 0 Å². The summed E-state index contributed by atoms with van der Waals surface area (Å²) in [5.41, 5.74) is -0.368. The normalized spacial score (nSPS) is 27.8. The number of nitro benzene ring substituents is 1. The first-order valence-electron chi connectivity index (χ1n) is 6.31. The van der Waals surface area contributed by atoms with Gasteiger partial charge in [-0.05, 0) is 6.07 Å². The lowest BCUT2D eigenvalue weighted by Gasteiger charge is -2.16. The van der Waals surface area contributed by atoms with Gasteiger partial charge in [-0.1, -0.05) is 12.1 Å². The topological polar surface area (TPSA) is 169 Å². The monoisotopic (exact) mass is 351 g/mol. The molecule has 23 heavy (non-hydrogen) atoms. The average molecular weight is 351 g/mol. The maximum Gasteiger partial charge on any atom is 0.469 e. The van der Waals surface area contributed by atoms with E-state index in [2.05, 4.69) is 4.52 Å². The number of aliphatic hydroxyl groups excluding tert-OH is 2. The number of phosphoric acid groups is 1. The first-order valence-corrected chi connectivity index (χ1v) is 7.84. The zero-order valence-electron chi connectivity index (χ0n) is 11.5. The van der Waals surface area contributed by atoms with Crippen molar-refractivity contribution < 1.29 is 43.5 Å². The van der Waals surface area contributed by atoms with Crippen molar-refractivity contribution in [3.63, 3.8) is 0 Å². The van der Waals surface area contributed by atoms with Crippen molar-refractivity contribution in [1.82, 2.24) is 0 Å². The summed E-state index contributed by atoms with van der Waals surface area (Å²) >= 11 is 0. The van der Waals surface area contributed by atoms with Gasteiger partial charge in [0.25, 0.3) is 0 Å². The van der Waals surface area contributed by atoms with E-state index in [4.69, 9.17) is 19.3 Å². The van der Waals surface area contributed by atoms with Crippen LogP contribution in [-0.2, 0) is 13.8 Å². The Balaban J connectivity index is 2.07. The number of ether oxygens (including phenoxy) is 2. The molecule has 4 N–H and O–H groups in total. The summed E-state index contributed by atoms with van der Waals surface area (Å²) < 4.78 is 25.1. The van der Waals surface area contributed by atoms with Gasteiger partial charge in [-0.25, -0.2) is 4.57 Å². The zero-order chi connectivity index (χ0) is 17.2. The lowest BCUT2D eigenvalue weighted by molar-refractivity contribution is -0.386. The van der Waals surface area contributed by atoms with Crippen LogP contribution in [0.1, 0.15) is 0 Å². The maximum absolute atomic E-state index is 10.9. The third-order valence-electron chi connectivity index (χ3n) is 3.03. The molecule has 128 valence electrons. The van der Waals surface area contributed by atoms with Crippen LogP contribution in [0.25, 0.3) is 0 Å². The predicted octanol–water partition coefficient (Wildman–Crippen LogP) is -0.470. The minimum atomic E-state index is -4.77. The number of para-hydroxylation sites is 2. The highest BCUT2D eigenvalue weighted by atomic mass is 31.2. The molecule has 1 aliphatic heterocycles. The molecular formula is C11H14NO10P. The second kappa shape index (κ2) is 6.89. The molecule has 0 radical (unpaired) electrons. The summed E-state index contributed by atoms with van der Waals surface area (Å²) in [5, 5.41) is 30.5. The van der Waals surface area contributed by atoms with Gasteiger partial charge in [0.15, 0.2) is 5.75 Å². The van der Waals surface area contributed by atoms with E-state index in [-0.39, 0.29) is 11.4 Å². The molecule has 0 aromatic heterocycles. The van der Waals surface area contributed by atoms with Crippen LogP contribution in [-0.4, -0.2) is 56.1 Å². The van der Waals surface area contributed by atoms with Crippen molar-refractivity contribution in [2.24, 2.45) is 0 Å². The summed E-state index contributed by atoms with van der Waals surface area (Å²) in [7, 11) is -4.77. The average Bonchev–Trinajstić information content (AvgIpc) is 2.73. The van der Waals surface area contributed by atoms with E-state index < -0.39 is 44.0 Å². The Hall–Kier alpha value is -1.59. The highest BCUT2D eigenvalue weighted by molar-refractivity contribution is 7.46. The molecular weight excluding hydrogens is 337 g/mol. The van der Waals surface area contributed by atoms with Gasteiger partial charge in [0, 0.05) is 6.07 Å². The molecule has 2 rings (SSSR count). The van der Waals surface area contributed by atoms with Crippen LogP contribution in [0, 0.1) is 10.1 Å². The Bertz CT molecular complexity index is 619. The first-order chi connectivity index (χ1) is 10.7. The van der Waals surface area contributed by atoms with E-state index in [1.54, 1.807) is 0 Å². The second-order valence-electron chi connectivity index (χ2n) is 4.65. The van der Waals surface area contributed by atoms with E-state index in [0.29, 0.717) is 0 Å². The Morgan fingerprint density at radius 1 is 1.26 bits per heavy atom. The number of hydrogen-bond acceptors (Lipinski definition) is 8. The molecule has 0 bridgehead atoms. The molecule has 0 amide bonds. The molecule has 11 nitrogen and oxygen atoms in total. The summed E-state index contributed by atoms with van der Waals surface area (Å²) in [4.78, 5) is 27.4. The predicted molar refractivity (Wildman–Crippen MR) is 72.4 cm³/mol. The molecule has 1 fully saturated rings. The zero-order valence-corrected chi connectivity index (χ0v) is 12.4. The second-order valence-corrected chi connectivity index (χ2v) is 5.89. The molecule has 1 saturated heterocycles. The van der Waals surface area contributed by atoms with Crippen LogP contribution < -0.4 is 4.74 Å². The van der Waals surface area contributed by atoms with Crippen LogP contribution in [0.3, 0.4) is 0 Å². The van der Waals surface area contributed by atoms with E-state index in [1.165, 1.54) is 24.3 Å². The van der Waals surface area contributed by atoms with Gasteiger partial charge in [-0.15, -0.1) is 0 Å². The lowest BCUT2D eigenvalue weighted by Crippen LogP contribution is -2.35. The molecule has 1 aromatic carbocycles. The summed E-state index contributed by atoms with van der Waals surface area (Å²) in [6.07, 6.45) is -5.86. The highest BCUT2D eigenvalue weighted by Crippen LogP contribution is 2.37. The van der Waals surface area contributed by atoms with Gasteiger partial charge in [-0.2, -0.15) is 0 Å². The third-order valence-corrected chi connectivity index (χ3v) is 3.52. The van der Waals surface area contributed by atoms with Crippen molar-refractivity contribution >= 4 is 13.5 Å². The Kier molecular flexibility index (Phi) is 5.32. The molecule has 1 aliphatic rings. The van der Waals surface area contributed by atoms with Gasteiger partial charge in [0.2, 0.25) is 6.29 Å². The summed E-state index contributed by atoms with van der Waals surface area (Å²) in [6.45, 7) is -0.695. The van der Waals surface area contributed by atoms with Gasteiger partial charge in [0.05, 0.1) is 11.5 Å². The SMILES string of the molecule is O=[N+]([O-])c1ccccc1OC1O[C@H](COP(=O)(O)O)[C@@H](O)[C@H]1O. The minimum Gasteiger partial charge on any atom is -0.455 e. The van der Waals surface area contributed by atoms with Crippen molar-refractivity contribution in [2.45, 2.75) is 24.6 Å². The van der Waals surface area contributed by atoms with Gasteiger partial charge >= 0.3 is 13.5 Å². The standard InChI is InChI=1S/C11H14NO10P/c13-9-8(5-20-23(17,18)19)22-11(10(9)14)21-7-4-2-1-3-6(7)12(15)16/h1-4,8-11,13-14H,5H2,(H2,17,18,19)/t8-,9-,10-,11?/m1/s1. The number of rotatable bonds is 6. The van der Waals surface area contributed by atoms with Crippen molar-refractivity contribution in [3.05, 3.63) is 34.4 Å². The fourth-order valence-electron chi connectivity index (χ4n) is 1.95. The van der Waals surface area contributed by atoms with Gasteiger partial charge in [0.1, 0.15) is 18.3 Å². The molecule has 4 atom stereocenters. The van der Waals surface area contributed by atoms with Crippen molar-refractivity contribution in [1.29, 1.82) is 0 Å². The largest absolute Gasteiger partial charge is 0.469 e. The Morgan fingerprint density at radius 2 is 1.91 bits per heavy atom. The maximum atomic E-state index is 10.9. The molecule has 12 heteroatoms. The van der Waals surface area contributed by atoms with E-state index in [9.17, 15) is 24.9 Å². The number of nitrogens with zero attached hydrogens (tertiary/aromatic N) is 1. The molecule has 1 unspecified atom stereocenters. The third kappa shape index (κ3) is 4.45. The van der Waals surface area contributed by atoms with Crippen LogP contribution in [0.5, 0.6) is 5.75 Å². The smallest absolute Gasteiger partial charge is 0.455 e. The number of benzene rings is 1. The quantitative estimate of drug-likeness (QED) is 0.298. The Morgan fingerprint density at radius 3 is 2.52 bits per heavy atom. The van der Waals surface area contributed by atoms with Crippen LogP contribution >= 0.6 is 7.82 Å².